The Morgan fingerprint density at radius 3 is 2.40 bits per heavy atom. The molecule has 0 spiro atoms. The highest BCUT2D eigenvalue weighted by atomic mass is 16.6. The molecule has 1 atom stereocenters. The number of benzene rings is 2. The van der Waals surface area contributed by atoms with Crippen LogP contribution in [0.1, 0.15) is 46.0 Å². The maximum absolute atomic E-state index is 12.4. The van der Waals surface area contributed by atoms with Gasteiger partial charge in [0.2, 0.25) is 5.89 Å². The lowest BCUT2D eigenvalue weighted by molar-refractivity contribution is 0.0279. The van der Waals surface area contributed by atoms with Crippen molar-refractivity contribution in [2.75, 3.05) is 0 Å². The number of aryl methyl sites for hydroxylation is 3. The number of carbonyl (C=O) groups is 1. The lowest BCUT2D eigenvalue weighted by atomic mass is 10.1. The Morgan fingerprint density at radius 2 is 1.68 bits per heavy atom. The van der Waals surface area contributed by atoms with Crippen molar-refractivity contribution in [3.05, 3.63) is 70.6 Å². The number of aromatic nitrogens is 2. The van der Waals surface area contributed by atoms with Crippen molar-refractivity contribution >= 4 is 5.97 Å². The lowest BCUT2D eigenvalue weighted by Crippen LogP contribution is -2.11. The quantitative estimate of drug-likeness (QED) is 0.652. The van der Waals surface area contributed by atoms with E-state index in [9.17, 15) is 4.79 Å². The summed E-state index contributed by atoms with van der Waals surface area (Å²) in [5.74, 6) is 0.280. The van der Waals surface area contributed by atoms with E-state index in [-0.39, 0.29) is 5.89 Å². The average Bonchev–Trinajstić information content (AvgIpc) is 3.07. The molecule has 0 bridgehead atoms. The molecule has 3 aromatic rings. The molecule has 0 unspecified atom stereocenters. The standard InChI is InChI=1S/C20H20N2O3/c1-12-6-9-16(10-7-12)19-22-21-18(25-19)15(4)24-20(23)17-11-13(2)5-8-14(17)3/h5-11,15H,1-4H3/t15-/m0/s1. The minimum absolute atomic E-state index is 0.272. The Morgan fingerprint density at radius 1 is 1.00 bits per heavy atom. The average molecular weight is 336 g/mol. The third-order valence-electron chi connectivity index (χ3n) is 3.98. The Hall–Kier alpha value is -2.95. The second kappa shape index (κ2) is 6.89. The first-order valence-corrected chi connectivity index (χ1v) is 8.12. The molecular formula is C20H20N2O3. The Balaban J connectivity index is 1.75. The van der Waals surface area contributed by atoms with Crippen LogP contribution in [0.15, 0.2) is 46.9 Å². The molecule has 0 aliphatic heterocycles. The first-order chi connectivity index (χ1) is 11.9. The van der Waals surface area contributed by atoms with E-state index in [1.54, 1.807) is 6.92 Å². The van der Waals surface area contributed by atoms with Crippen LogP contribution in [0.25, 0.3) is 11.5 Å². The van der Waals surface area contributed by atoms with Crippen LogP contribution >= 0.6 is 0 Å². The molecule has 2 aromatic carbocycles. The number of rotatable bonds is 4. The van der Waals surface area contributed by atoms with Crippen molar-refractivity contribution in [1.29, 1.82) is 0 Å². The Kier molecular flexibility index (Phi) is 4.65. The fourth-order valence-electron chi connectivity index (χ4n) is 2.44. The van der Waals surface area contributed by atoms with Gasteiger partial charge in [0.1, 0.15) is 0 Å². The number of ether oxygens (including phenoxy) is 1. The normalized spacial score (nSPS) is 12.0. The van der Waals surface area contributed by atoms with Gasteiger partial charge in [0.05, 0.1) is 5.56 Å². The predicted molar refractivity (Wildman–Crippen MR) is 94.2 cm³/mol. The van der Waals surface area contributed by atoms with Crippen LogP contribution in [0, 0.1) is 20.8 Å². The van der Waals surface area contributed by atoms with Gasteiger partial charge in [-0.3, -0.25) is 0 Å². The van der Waals surface area contributed by atoms with Gasteiger partial charge in [0, 0.05) is 5.56 Å². The van der Waals surface area contributed by atoms with Gasteiger partial charge in [-0.2, -0.15) is 0 Å². The van der Waals surface area contributed by atoms with Crippen LogP contribution in [-0.2, 0) is 4.74 Å². The molecule has 0 aliphatic rings. The minimum atomic E-state index is -0.626. The van der Waals surface area contributed by atoms with Gasteiger partial charge >= 0.3 is 5.97 Å². The number of esters is 1. The van der Waals surface area contributed by atoms with Crippen molar-refractivity contribution in [1.82, 2.24) is 10.2 Å². The second-order valence-electron chi connectivity index (χ2n) is 6.18. The molecule has 0 aliphatic carbocycles. The maximum atomic E-state index is 12.4. The maximum Gasteiger partial charge on any atom is 0.339 e. The third kappa shape index (κ3) is 3.76. The Labute approximate surface area is 146 Å². The SMILES string of the molecule is Cc1ccc(-c2nnc([C@H](C)OC(=O)c3cc(C)ccc3C)o2)cc1. The topological polar surface area (TPSA) is 65.2 Å². The van der Waals surface area contributed by atoms with E-state index < -0.39 is 12.1 Å². The van der Waals surface area contributed by atoms with E-state index in [0.29, 0.717) is 11.5 Å². The molecule has 0 amide bonds. The summed E-state index contributed by atoms with van der Waals surface area (Å²) in [5, 5.41) is 8.05. The molecule has 0 N–H and O–H groups in total. The van der Waals surface area contributed by atoms with E-state index in [4.69, 9.17) is 9.15 Å². The third-order valence-corrected chi connectivity index (χ3v) is 3.98. The first kappa shape index (κ1) is 16.9. The summed E-state index contributed by atoms with van der Waals surface area (Å²) in [7, 11) is 0. The molecule has 0 saturated heterocycles. The number of carbonyl (C=O) groups excluding carboxylic acids is 1. The second-order valence-corrected chi connectivity index (χ2v) is 6.18. The molecule has 5 nitrogen and oxygen atoms in total. The molecule has 25 heavy (non-hydrogen) atoms. The van der Waals surface area contributed by atoms with Crippen LogP contribution < -0.4 is 0 Å². The zero-order valence-corrected chi connectivity index (χ0v) is 14.7. The molecule has 0 radical (unpaired) electrons. The highest BCUT2D eigenvalue weighted by Crippen LogP contribution is 2.24. The summed E-state index contributed by atoms with van der Waals surface area (Å²) in [6, 6.07) is 13.5. The fourth-order valence-corrected chi connectivity index (χ4v) is 2.44. The zero-order chi connectivity index (χ0) is 18.0. The van der Waals surface area contributed by atoms with Crippen LogP contribution in [0.3, 0.4) is 0 Å². The smallest absolute Gasteiger partial charge is 0.339 e. The molecule has 5 heteroatoms. The number of nitrogens with zero attached hydrogens (tertiary/aromatic N) is 2. The predicted octanol–water partition coefficient (Wildman–Crippen LogP) is 4.58. The van der Waals surface area contributed by atoms with Gasteiger partial charge < -0.3 is 9.15 Å². The molecule has 128 valence electrons. The molecule has 1 aromatic heterocycles. The highest BCUT2D eigenvalue weighted by Gasteiger charge is 2.21. The van der Waals surface area contributed by atoms with Crippen LogP contribution in [-0.4, -0.2) is 16.2 Å². The van der Waals surface area contributed by atoms with Gasteiger partial charge in [-0.05, 0) is 51.5 Å². The van der Waals surface area contributed by atoms with Crippen LogP contribution in [0.5, 0.6) is 0 Å². The lowest BCUT2D eigenvalue weighted by Gasteiger charge is -2.11. The molecule has 0 fully saturated rings. The molecule has 1 heterocycles. The van der Waals surface area contributed by atoms with Crippen molar-refractivity contribution in [3.63, 3.8) is 0 Å². The van der Waals surface area contributed by atoms with Crippen molar-refractivity contribution in [2.24, 2.45) is 0 Å². The van der Waals surface area contributed by atoms with Crippen LogP contribution in [0.4, 0.5) is 0 Å². The van der Waals surface area contributed by atoms with Gasteiger partial charge in [0.15, 0.2) is 6.10 Å². The van der Waals surface area contributed by atoms with E-state index in [0.717, 1.165) is 22.3 Å². The summed E-state index contributed by atoms with van der Waals surface area (Å²) in [4.78, 5) is 12.4. The largest absolute Gasteiger partial charge is 0.449 e. The summed E-state index contributed by atoms with van der Waals surface area (Å²) in [5.41, 5.74) is 4.40. The van der Waals surface area contributed by atoms with E-state index in [2.05, 4.69) is 10.2 Å². The molecular weight excluding hydrogens is 316 g/mol. The monoisotopic (exact) mass is 336 g/mol. The zero-order valence-electron chi connectivity index (χ0n) is 14.7. The number of hydrogen-bond acceptors (Lipinski definition) is 5. The highest BCUT2D eigenvalue weighted by molar-refractivity contribution is 5.91. The fraction of sp³-hybridized carbons (Fsp3) is 0.250. The van der Waals surface area contributed by atoms with E-state index >= 15 is 0 Å². The first-order valence-electron chi connectivity index (χ1n) is 8.12. The van der Waals surface area contributed by atoms with E-state index in [1.165, 1.54) is 0 Å². The van der Waals surface area contributed by atoms with Crippen molar-refractivity contribution in [3.8, 4) is 11.5 Å². The molecule has 3 rings (SSSR count). The Bertz CT molecular complexity index is 898. The van der Waals surface area contributed by atoms with E-state index in [1.807, 2.05) is 63.2 Å². The van der Waals surface area contributed by atoms with Gasteiger partial charge in [0.25, 0.3) is 5.89 Å². The van der Waals surface area contributed by atoms with Crippen molar-refractivity contribution in [2.45, 2.75) is 33.8 Å². The summed E-state index contributed by atoms with van der Waals surface area (Å²) >= 11 is 0. The van der Waals surface area contributed by atoms with Gasteiger partial charge in [-0.1, -0.05) is 35.4 Å². The minimum Gasteiger partial charge on any atom is -0.449 e. The summed E-state index contributed by atoms with van der Waals surface area (Å²) < 4.78 is 11.2. The number of hydrogen-bond donors (Lipinski definition) is 0. The molecule has 0 saturated carbocycles. The van der Waals surface area contributed by atoms with Crippen LogP contribution in [0.2, 0.25) is 0 Å². The van der Waals surface area contributed by atoms with Gasteiger partial charge in [-0.25, -0.2) is 4.79 Å². The summed E-state index contributed by atoms with van der Waals surface area (Å²) in [6.07, 6.45) is -0.626. The van der Waals surface area contributed by atoms with Crippen molar-refractivity contribution < 1.29 is 13.9 Å². The summed E-state index contributed by atoms with van der Waals surface area (Å²) in [6.45, 7) is 7.54. The van der Waals surface area contributed by atoms with Gasteiger partial charge in [-0.15, -0.1) is 10.2 Å².